The summed E-state index contributed by atoms with van der Waals surface area (Å²) in [6.07, 6.45) is 0.893. The van der Waals surface area contributed by atoms with Gasteiger partial charge in [-0.05, 0) is 13.5 Å². The van der Waals surface area contributed by atoms with E-state index in [9.17, 15) is 4.79 Å². The van der Waals surface area contributed by atoms with Crippen molar-refractivity contribution in [3.8, 4) is 0 Å². The van der Waals surface area contributed by atoms with Crippen molar-refractivity contribution in [2.24, 2.45) is 0 Å². The van der Waals surface area contributed by atoms with Crippen molar-refractivity contribution in [2.75, 3.05) is 46.9 Å². The lowest BCUT2D eigenvalue weighted by Gasteiger charge is -2.37. The van der Waals surface area contributed by atoms with Gasteiger partial charge in [-0.2, -0.15) is 0 Å². The first-order valence-electron chi connectivity index (χ1n) is 5.29. The van der Waals surface area contributed by atoms with Gasteiger partial charge >= 0.3 is 5.97 Å². The molecule has 0 bridgehead atoms. The van der Waals surface area contributed by atoms with Crippen molar-refractivity contribution < 1.29 is 14.6 Å². The fraction of sp³-hybridized carbons (Fsp3) is 0.900. The number of ether oxygens (including phenoxy) is 1. The second kappa shape index (κ2) is 6.05. The monoisotopic (exact) mass is 216 g/mol. The fourth-order valence-corrected chi connectivity index (χ4v) is 1.87. The molecule has 0 aromatic carbocycles. The summed E-state index contributed by atoms with van der Waals surface area (Å²) >= 11 is 0. The molecule has 0 aliphatic carbocycles. The minimum atomic E-state index is -0.723. The number of methoxy groups -OCH3 is 1. The molecule has 0 aromatic rings. The number of carbonyl (C=O) groups is 1. The molecule has 1 heterocycles. The van der Waals surface area contributed by atoms with E-state index in [-0.39, 0.29) is 6.04 Å². The van der Waals surface area contributed by atoms with E-state index in [1.807, 2.05) is 11.9 Å². The third-order valence-corrected chi connectivity index (χ3v) is 2.77. The molecular weight excluding hydrogens is 196 g/mol. The Morgan fingerprint density at radius 1 is 1.53 bits per heavy atom. The van der Waals surface area contributed by atoms with Crippen LogP contribution in [0.4, 0.5) is 0 Å². The fourth-order valence-electron chi connectivity index (χ4n) is 1.87. The molecule has 1 aliphatic rings. The molecule has 1 aliphatic heterocycles. The lowest BCUT2D eigenvalue weighted by atomic mass is 10.1. The summed E-state index contributed by atoms with van der Waals surface area (Å²) in [6.45, 7) is 3.88. The summed E-state index contributed by atoms with van der Waals surface area (Å²) in [5.74, 6) is -0.723. The van der Waals surface area contributed by atoms with Crippen molar-refractivity contribution in [1.29, 1.82) is 0 Å². The van der Waals surface area contributed by atoms with Gasteiger partial charge in [0.2, 0.25) is 0 Å². The van der Waals surface area contributed by atoms with Gasteiger partial charge in [0.05, 0.1) is 0 Å². The molecule has 0 amide bonds. The Labute approximate surface area is 90.6 Å². The SMILES string of the molecule is COCCCN1CCN(C)CC1C(=O)O. The average Bonchev–Trinajstić information content (AvgIpc) is 2.20. The largest absolute Gasteiger partial charge is 0.480 e. The van der Waals surface area contributed by atoms with Gasteiger partial charge in [0.1, 0.15) is 6.04 Å². The van der Waals surface area contributed by atoms with Crippen LogP contribution >= 0.6 is 0 Å². The van der Waals surface area contributed by atoms with Crippen LogP contribution in [0.15, 0.2) is 0 Å². The van der Waals surface area contributed by atoms with Crippen LogP contribution in [-0.4, -0.2) is 73.9 Å². The number of hydrogen-bond acceptors (Lipinski definition) is 4. The first-order chi connectivity index (χ1) is 7.15. The van der Waals surface area contributed by atoms with Crippen molar-refractivity contribution in [3.05, 3.63) is 0 Å². The highest BCUT2D eigenvalue weighted by Gasteiger charge is 2.30. The highest BCUT2D eigenvalue weighted by atomic mass is 16.5. The van der Waals surface area contributed by atoms with Gasteiger partial charge in [0.25, 0.3) is 0 Å². The van der Waals surface area contributed by atoms with E-state index in [1.165, 1.54) is 0 Å². The first kappa shape index (κ1) is 12.4. The van der Waals surface area contributed by atoms with E-state index < -0.39 is 5.97 Å². The molecule has 1 atom stereocenters. The number of hydrogen-bond donors (Lipinski definition) is 1. The molecule has 1 unspecified atom stereocenters. The Balaban J connectivity index is 2.42. The van der Waals surface area contributed by atoms with E-state index in [4.69, 9.17) is 9.84 Å². The minimum absolute atomic E-state index is 0.361. The van der Waals surface area contributed by atoms with Gasteiger partial charge in [-0.15, -0.1) is 0 Å². The van der Waals surface area contributed by atoms with Crippen LogP contribution in [0.1, 0.15) is 6.42 Å². The summed E-state index contributed by atoms with van der Waals surface area (Å²) in [5.41, 5.74) is 0. The van der Waals surface area contributed by atoms with E-state index in [0.717, 1.165) is 26.1 Å². The number of likely N-dealkylation sites (N-methyl/N-ethyl adjacent to an activating group) is 1. The molecular formula is C10H20N2O3. The van der Waals surface area contributed by atoms with E-state index in [2.05, 4.69) is 4.90 Å². The van der Waals surface area contributed by atoms with Gasteiger partial charge in [-0.3, -0.25) is 9.69 Å². The second-order valence-electron chi connectivity index (χ2n) is 4.00. The van der Waals surface area contributed by atoms with E-state index in [0.29, 0.717) is 13.2 Å². The molecule has 1 saturated heterocycles. The molecule has 0 aromatic heterocycles. The van der Waals surface area contributed by atoms with Crippen LogP contribution in [0.3, 0.4) is 0 Å². The van der Waals surface area contributed by atoms with Gasteiger partial charge in [0, 0.05) is 39.9 Å². The Bertz CT molecular complexity index is 211. The number of nitrogens with zero attached hydrogens (tertiary/aromatic N) is 2. The topological polar surface area (TPSA) is 53.0 Å². The zero-order valence-electron chi connectivity index (χ0n) is 9.48. The number of rotatable bonds is 5. The van der Waals surface area contributed by atoms with Crippen LogP contribution in [0.25, 0.3) is 0 Å². The quantitative estimate of drug-likeness (QED) is 0.641. The third kappa shape index (κ3) is 3.77. The molecule has 15 heavy (non-hydrogen) atoms. The van der Waals surface area contributed by atoms with Crippen molar-refractivity contribution >= 4 is 5.97 Å². The van der Waals surface area contributed by atoms with Crippen LogP contribution < -0.4 is 0 Å². The maximum absolute atomic E-state index is 11.0. The lowest BCUT2D eigenvalue weighted by Crippen LogP contribution is -2.55. The summed E-state index contributed by atoms with van der Waals surface area (Å²) in [5, 5.41) is 9.08. The van der Waals surface area contributed by atoms with Crippen molar-refractivity contribution in [1.82, 2.24) is 9.80 Å². The highest BCUT2D eigenvalue weighted by molar-refractivity contribution is 5.73. The Morgan fingerprint density at radius 2 is 2.27 bits per heavy atom. The van der Waals surface area contributed by atoms with Crippen molar-refractivity contribution in [3.63, 3.8) is 0 Å². The molecule has 5 heteroatoms. The number of piperazine rings is 1. The normalized spacial score (nSPS) is 24.3. The van der Waals surface area contributed by atoms with E-state index >= 15 is 0 Å². The smallest absolute Gasteiger partial charge is 0.322 e. The zero-order chi connectivity index (χ0) is 11.3. The van der Waals surface area contributed by atoms with Gasteiger partial charge in [0.15, 0.2) is 0 Å². The van der Waals surface area contributed by atoms with Crippen LogP contribution in [0, 0.1) is 0 Å². The van der Waals surface area contributed by atoms with Gasteiger partial charge in [-0.1, -0.05) is 0 Å². The molecule has 0 radical (unpaired) electrons. The molecule has 1 rings (SSSR count). The average molecular weight is 216 g/mol. The maximum atomic E-state index is 11.0. The summed E-state index contributed by atoms with van der Waals surface area (Å²) in [4.78, 5) is 15.1. The maximum Gasteiger partial charge on any atom is 0.322 e. The van der Waals surface area contributed by atoms with Crippen LogP contribution in [0.5, 0.6) is 0 Å². The number of aliphatic carboxylic acids is 1. The first-order valence-corrected chi connectivity index (χ1v) is 5.29. The Hall–Kier alpha value is -0.650. The summed E-state index contributed by atoms with van der Waals surface area (Å²) < 4.78 is 4.97. The minimum Gasteiger partial charge on any atom is -0.480 e. The number of carboxylic acid groups (broad SMARTS) is 1. The summed E-state index contributed by atoms with van der Waals surface area (Å²) in [6, 6.07) is -0.361. The Kier molecular flexibility index (Phi) is 5.01. The lowest BCUT2D eigenvalue weighted by molar-refractivity contribution is -0.145. The Morgan fingerprint density at radius 3 is 2.87 bits per heavy atom. The highest BCUT2D eigenvalue weighted by Crippen LogP contribution is 2.09. The zero-order valence-corrected chi connectivity index (χ0v) is 9.48. The molecule has 0 saturated carbocycles. The van der Waals surface area contributed by atoms with Gasteiger partial charge in [-0.25, -0.2) is 0 Å². The molecule has 1 N–H and O–H groups in total. The predicted octanol–water partition coefficient (Wildman–Crippen LogP) is -0.276. The molecule has 5 nitrogen and oxygen atoms in total. The molecule has 0 spiro atoms. The van der Waals surface area contributed by atoms with Crippen LogP contribution in [-0.2, 0) is 9.53 Å². The van der Waals surface area contributed by atoms with E-state index in [1.54, 1.807) is 7.11 Å². The number of carboxylic acids is 1. The van der Waals surface area contributed by atoms with Crippen LogP contribution in [0.2, 0.25) is 0 Å². The van der Waals surface area contributed by atoms with Crippen molar-refractivity contribution in [2.45, 2.75) is 12.5 Å². The molecule has 1 fully saturated rings. The predicted molar refractivity (Wildman–Crippen MR) is 57.0 cm³/mol. The third-order valence-electron chi connectivity index (χ3n) is 2.77. The second-order valence-corrected chi connectivity index (χ2v) is 4.00. The van der Waals surface area contributed by atoms with Gasteiger partial charge < -0.3 is 14.7 Å². The summed E-state index contributed by atoms with van der Waals surface area (Å²) in [7, 11) is 3.63. The standard InChI is InChI=1S/C10H20N2O3/c1-11-5-6-12(4-3-7-15-2)9(8-11)10(13)14/h9H,3-8H2,1-2H3,(H,13,14). The molecule has 88 valence electrons.